The van der Waals surface area contributed by atoms with E-state index >= 15 is 0 Å². The molecule has 0 aliphatic carbocycles. The fraction of sp³-hybridized carbons (Fsp3) is 0.389. The van der Waals surface area contributed by atoms with Crippen molar-refractivity contribution < 1.29 is 4.74 Å². The van der Waals surface area contributed by atoms with Gasteiger partial charge in [0, 0.05) is 30.0 Å². The molecule has 0 saturated carbocycles. The molecule has 2 aromatic rings. The number of hydrogen-bond donors (Lipinski definition) is 1. The van der Waals surface area contributed by atoms with Gasteiger partial charge in [-0.05, 0) is 45.4 Å². The van der Waals surface area contributed by atoms with Crippen molar-refractivity contribution in [3.8, 4) is 5.75 Å². The van der Waals surface area contributed by atoms with E-state index in [9.17, 15) is 0 Å². The lowest BCUT2D eigenvalue weighted by Gasteiger charge is -2.23. The Morgan fingerprint density at radius 3 is 2.38 bits per heavy atom. The highest BCUT2D eigenvalue weighted by Crippen LogP contribution is 2.27. The Hall–Kier alpha value is -1.87. The quantitative estimate of drug-likeness (QED) is 0.859. The summed E-state index contributed by atoms with van der Waals surface area (Å²) >= 11 is 0. The summed E-state index contributed by atoms with van der Waals surface area (Å²) in [7, 11) is 0. The lowest BCUT2D eigenvalue weighted by atomic mass is 10.0. The summed E-state index contributed by atoms with van der Waals surface area (Å²) in [5.74, 6) is 0.950. The number of aromatic nitrogens is 1. The molecule has 2 atom stereocenters. The summed E-state index contributed by atoms with van der Waals surface area (Å²) in [6.07, 6.45) is 3.88. The minimum absolute atomic E-state index is 0.175. The summed E-state index contributed by atoms with van der Waals surface area (Å²) in [4.78, 5) is 4.18. The van der Waals surface area contributed by atoms with E-state index in [0.717, 1.165) is 5.75 Å². The first kappa shape index (κ1) is 15.5. The SMILES string of the molecule is CC(C)Oc1ccccc1C(C)NC(C)c1cccnc1. The highest BCUT2D eigenvalue weighted by molar-refractivity contribution is 5.36. The Balaban J connectivity index is 2.11. The molecule has 1 aromatic heterocycles. The van der Waals surface area contributed by atoms with Crippen molar-refractivity contribution in [1.29, 1.82) is 0 Å². The molecule has 0 spiro atoms. The maximum absolute atomic E-state index is 5.90. The number of benzene rings is 1. The molecule has 2 unspecified atom stereocenters. The van der Waals surface area contributed by atoms with Gasteiger partial charge in [-0.2, -0.15) is 0 Å². The van der Waals surface area contributed by atoms with Gasteiger partial charge in [0.05, 0.1) is 6.10 Å². The second kappa shape index (κ2) is 7.23. The average molecular weight is 284 g/mol. The monoisotopic (exact) mass is 284 g/mol. The van der Waals surface area contributed by atoms with Crippen LogP contribution in [0.2, 0.25) is 0 Å². The van der Waals surface area contributed by atoms with Crippen LogP contribution in [-0.4, -0.2) is 11.1 Å². The lowest BCUT2D eigenvalue weighted by molar-refractivity contribution is 0.237. The molecule has 0 amide bonds. The molecule has 0 radical (unpaired) electrons. The van der Waals surface area contributed by atoms with Crippen molar-refractivity contribution in [3.05, 3.63) is 59.9 Å². The first-order valence-electron chi connectivity index (χ1n) is 7.49. The molecule has 2 rings (SSSR count). The van der Waals surface area contributed by atoms with Crippen molar-refractivity contribution in [2.75, 3.05) is 0 Å². The Labute approximate surface area is 127 Å². The van der Waals surface area contributed by atoms with Crippen LogP contribution in [0.25, 0.3) is 0 Å². The number of ether oxygens (including phenoxy) is 1. The molecule has 1 N–H and O–H groups in total. The summed E-state index contributed by atoms with van der Waals surface area (Å²) in [6, 6.07) is 12.7. The molecule has 0 saturated heterocycles. The standard InChI is InChI=1S/C18H24N2O/c1-13(2)21-18-10-6-5-9-17(18)15(4)20-14(3)16-8-7-11-19-12-16/h5-15,20H,1-4H3. The van der Waals surface area contributed by atoms with Gasteiger partial charge in [-0.15, -0.1) is 0 Å². The number of rotatable bonds is 6. The Morgan fingerprint density at radius 1 is 0.952 bits per heavy atom. The first-order chi connectivity index (χ1) is 10.1. The lowest BCUT2D eigenvalue weighted by Crippen LogP contribution is -2.23. The molecule has 112 valence electrons. The van der Waals surface area contributed by atoms with E-state index in [0.29, 0.717) is 0 Å². The third-order valence-corrected chi connectivity index (χ3v) is 3.43. The van der Waals surface area contributed by atoms with Crippen LogP contribution in [0.5, 0.6) is 5.75 Å². The predicted octanol–water partition coefficient (Wildman–Crippen LogP) is 4.28. The van der Waals surface area contributed by atoms with Crippen molar-refractivity contribution in [1.82, 2.24) is 10.3 Å². The van der Waals surface area contributed by atoms with Gasteiger partial charge in [-0.25, -0.2) is 0 Å². The van der Waals surface area contributed by atoms with Gasteiger partial charge < -0.3 is 10.1 Å². The molecule has 1 heterocycles. The molecule has 0 fully saturated rings. The van der Waals surface area contributed by atoms with Gasteiger partial charge in [0.1, 0.15) is 5.75 Å². The van der Waals surface area contributed by atoms with E-state index in [1.54, 1.807) is 6.20 Å². The maximum Gasteiger partial charge on any atom is 0.124 e. The molecule has 21 heavy (non-hydrogen) atoms. The van der Waals surface area contributed by atoms with Crippen molar-refractivity contribution in [3.63, 3.8) is 0 Å². The number of nitrogens with one attached hydrogen (secondary N) is 1. The van der Waals surface area contributed by atoms with Crippen molar-refractivity contribution in [2.45, 2.75) is 45.9 Å². The number of pyridine rings is 1. The Morgan fingerprint density at radius 2 is 1.71 bits per heavy atom. The molecule has 0 aliphatic heterocycles. The van der Waals surface area contributed by atoms with E-state index < -0.39 is 0 Å². The zero-order valence-electron chi connectivity index (χ0n) is 13.2. The number of para-hydroxylation sites is 1. The average Bonchev–Trinajstić information content (AvgIpc) is 2.48. The zero-order valence-corrected chi connectivity index (χ0v) is 13.2. The van der Waals surface area contributed by atoms with E-state index in [4.69, 9.17) is 4.74 Å². The van der Waals surface area contributed by atoms with Crippen LogP contribution in [-0.2, 0) is 0 Å². The summed E-state index contributed by atoms with van der Waals surface area (Å²) in [5, 5.41) is 3.61. The smallest absolute Gasteiger partial charge is 0.124 e. The van der Waals surface area contributed by atoms with Gasteiger partial charge in [0.15, 0.2) is 0 Å². The fourth-order valence-corrected chi connectivity index (χ4v) is 2.39. The first-order valence-corrected chi connectivity index (χ1v) is 7.49. The Bertz CT molecular complexity index is 554. The third-order valence-electron chi connectivity index (χ3n) is 3.43. The summed E-state index contributed by atoms with van der Waals surface area (Å²) in [6.45, 7) is 8.41. The molecule has 1 aromatic carbocycles. The van der Waals surface area contributed by atoms with E-state index in [2.05, 4.69) is 42.3 Å². The fourth-order valence-electron chi connectivity index (χ4n) is 2.39. The third kappa shape index (κ3) is 4.30. The van der Waals surface area contributed by atoms with Crippen molar-refractivity contribution in [2.24, 2.45) is 0 Å². The van der Waals surface area contributed by atoms with Gasteiger partial charge >= 0.3 is 0 Å². The second-order valence-corrected chi connectivity index (χ2v) is 5.60. The van der Waals surface area contributed by atoms with Crippen LogP contribution in [0.4, 0.5) is 0 Å². The number of hydrogen-bond acceptors (Lipinski definition) is 3. The van der Waals surface area contributed by atoms with Crippen molar-refractivity contribution >= 4 is 0 Å². The second-order valence-electron chi connectivity index (χ2n) is 5.60. The van der Waals surface area contributed by atoms with Crippen LogP contribution in [0, 0.1) is 0 Å². The largest absolute Gasteiger partial charge is 0.491 e. The predicted molar refractivity (Wildman–Crippen MR) is 86.4 cm³/mol. The highest BCUT2D eigenvalue weighted by Gasteiger charge is 2.15. The van der Waals surface area contributed by atoms with Crippen LogP contribution >= 0.6 is 0 Å². The van der Waals surface area contributed by atoms with E-state index in [1.165, 1.54) is 11.1 Å². The number of nitrogens with zero attached hydrogens (tertiary/aromatic N) is 1. The minimum Gasteiger partial charge on any atom is -0.491 e. The molecule has 0 aliphatic rings. The van der Waals surface area contributed by atoms with Crippen LogP contribution in [0.15, 0.2) is 48.8 Å². The van der Waals surface area contributed by atoms with E-state index in [-0.39, 0.29) is 18.2 Å². The summed E-state index contributed by atoms with van der Waals surface area (Å²) < 4.78 is 5.90. The van der Waals surface area contributed by atoms with Gasteiger partial charge in [-0.3, -0.25) is 4.98 Å². The normalized spacial score (nSPS) is 14.0. The maximum atomic E-state index is 5.90. The van der Waals surface area contributed by atoms with E-state index in [1.807, 2.05) is 38.2 Å². The summed E-state index contributed by atoms with van der Waals surface area (Å²) in [5.41, 5.74) is 2.37. The topological polar surface area (TPSA) is 34.1 Å². The van der Waals surface area contributed by atoms with Gasteiger partial charge in [0.2, 0.25) is 0 Å². The molecule has 0 bridgehead atoms. The zero-order chi connectivity index (χ0) is 15.2. The molecular formula is C18H24N2O. The highest BCUT2D eigenvalue weighted by atomic mass is 16.5. The van der Waals surface area contributed by atoms with Gasteiger partial charge in [0.25, 0.3) is 0 Å². The van der Waals surface area contributed by atoms with Crippen LogP contribution in [0.3, 0.4) is 0 Å². The molecular weight excluding hydrogens is 260 g/mol. The minimum atomic E-state index is 0.175. The van der Waals surface area contributed by atoms with Crippen LogP contribution in [0.1, 0.15) is 50.9 Å². The molecule has 3 heteroatoms. The van der Waals surface area contributed by atoms with Crippen LogP contribution < -0.4 is 10.1 Å². The Kier molecular flexibility index (Phi) is 5.34. The molecule has 3 nitrogen and oxygen atoms in total. The van der Waals surface area contributed by atoms with Gasteiger partial charge in [-0.1, -0.05) is 24.3 Å².